The van der Waals surface area contributed by atoms with Crippen molar-refractivity contribution in [2.45, 2.75) is 101 Å². The number of rotatable bonds is 5. The minimum Gasteiger partial charge on any atom is -1.00 e. The van der Waals surface area contributed by atoms with Gasteiger partial charge in [-0.05, 0) is 0 Å². The molecule has 0 heterocycles. The Morgan fingerprint density at radius 1 is 0.604 bits per heavy atom. The van der Waals surface area contributed by atoms with E-state index in [2.05, 4.69) is 158 Å². The molecule has 0 nitrogen and oxygen atoms in total. The van der Waals surface area contributed by atoms with Crippen LogP contribution in [0.2, 0.25) is 0 Å². The minimum atomic E-state index is -2.93. The van der Waals surface area contributed by atoms with Crippen LogP contribution in [-0.2, 0) is 32.1 Å². The van der Waals surface area contributed by atoms with Gasteiger partial charge in [-0.3, -0.25) is 0 Å². The summed E-state index contributed by atoms with van der Waals surface area (Å²) >= 11 is -2.93. The Kier molecular flexibility index (Phi) is 10.5. The van der Waals surface area contributed by atoms with E-state index in [-0.39, 0.29) is 35.6 Å². The van der Waals surface area contributed by atoms with E-state index in [9.17, 15) is 0 Å². The Labute approximate surface area is 340 Å². The molecule has 1 unspecified atom stereocenters. The molecule has 0 aromatic heterocycles. The molecule has 4 saturated carbocycles. The SMILES string of the molecule is CC1C=CC(C23CC4CC(CC(C4)C2)C3)=[C]1[Zr+2](=[C](c1ccccc1)c1ccccc1)[CH]1c2ccc(C(C)(C)C)cc2-c2cc(C(C)(C)C)ccc21.[Cl-].[Cl-]. The first-order chi connectivity index (χ1) is 24.4. The summed E-state index contributed by atoms with van der Waals surface area (Å²) in [5.41, 5.74) is 14.4. The number of allylic oxidation sites excluding steroid dienone is 4. The van der Waals surface area contributed by atoms with Crippen LogP contribution >= 0.6 is 0 Å². The largest absolute Gasteiger partial charge is 1.00 e. The van der Waals surface area contributed by atoms with Crippen molar-refractivity contribution in [1.29, 1.82) is 0 Å². The van der Waals surface area contributed by atoms with E-state index in [1.807, 2.05) is 8.85 Å². The van der Waals surface area contributed by atoms with Crippen LogP contribution in [-0.4, -0.2) is 3.21 Å². The van der Waals surface area contributed by atoms with E-state index in [0.29, 0.717) is 15.0 Å². The van der Waals surface area contributed by atoms with Crippen LogP contribution in [0.25, 0.3) is 11.1 Å². The molecular formula is C50H56Cl2Zr. The minimum absolute atomic E-state index is 0. The third-order valence-corrected chi connectivity index (χ3v) is 22.5. The maximum absolute atomic E-state index is 2.93. The standard InChI is InChI=1S/C21H25.C16H21.C13H10.2ClH.Zr/c1-20(2,3)16-9-7-14-11-15-8-10-17(21(4,5)6)13-19(15)18(14)12-16;1-11-2-3-15(4-11)16-8-12-5-13(9-16)7-14(6-12)10-16;1-3-7-12(8-4-1)11-13-9-5-2-6-10-13;;;/h7-13H,1-6H3;2-3,11-14H,5-10H2,1H3;1-10H;2*1H;/q;;;;;+2/p-2. The van der Waals surface area contributed by atoms with Crippen molar-refractivity contribution in [2.24, 2.45) is 29.1 Å². The molecule has 4 bridgehead atoms. The Hall–Kier alpha value is -2.31. The second-order valence-corrected chi connectivity index (χ2v) is 25.2. The van der Waals surface area contributed by atoms with Gasteiger partial charge in [0.2, 0.25) is 0 Å². The van der Waals surface area contributed by atoms with Crippen molar-refractivity contribution in [3.8, 4) is 11.1 Å². The van der Waals surface area contributed by atoms with Gasteiger partial charge in [0.25, 0.3) is 0 Å². The van der Waals surface area contributed by atoms with Gasteiger partial charge in [0.15, 0.2) is 0 Å². The molecule has 4 aromatic carbocycles. The van der Waals surface area contributed by atoms with E-state index in [1.54, 1.807) is 14.3 Å². The zero-order valence-electron chi connectivity index (χ0n) is 32.8. The van der Waals surface area contributed by atoms with Gasteiger partial charge in [-0.1, -0.05) is 0 Å². The molecule has 10 rings (SSSR count). The molecule has 4 fully saturated rings. The van der Waals surface area contributed by atoms with E-state index in [1.165, 1.54) is 71.9 Å². The zero-order valence-corrected chi connectivity index (χ0v) is 36.7. The van der Waals surface area contributed by atoms with Gasteiger partial charge < -0.3 is 24.8 Å². The van der Waals surface area contributed by atoms with Gasteiger partial charge in [-0.2, -0.15) is 0 Å². The van der Waals surface area contributed by atoms with Gasteiger partial charge in [-0.25, -0.2) is 0 Å². The fraction of sp³-hybridized carbons (Fsp3) is 0.420. The third kappa shape index (κ3) is 6.72. The topological polar surface area (TPSA) is 0 Å². The second kappa shape index (κ2) is 14.3. The third-order valence-electron chi connectivity index (χ3n) is 13.6. The van der Waals surface area contributed by atoms with E-state index >= 15 is 0 Å². The average Bonchev–Trinajstić information content (AvgIpc) is 3.64. The molecule has 0 spiro atoms. The first-order valence-corrected chi connectivity index (χ1v) is 23.8. The summed E-state index contributed by atoms with van der Waals surface area (Å²) in [4.78, 5) is 0. The maximum Gasteiger partial charge on any atom is -1.00 e. The van der Waals surface area contributed by atoms with E-state index in [4.69, 9.17) is 0 Å². The summed E-state index contributed by atoms with van der Waals surface area (Å²) in [6.07, 6.45) is 14.1. The van der Waals surface area contributed by atoms with Gasteiger partial charge in [0.1, 0.15) is 0 Å². The molecule has 0 amide bonds. The summed E-state index contributed by atoms with van der Waals surface area (Å²) in [6.45, 7) is 16.8. The predicted molar refractivity (Wildman–Crippen MR) is 213 cm³/mol. The maximum atomic E-state index is 2.70. The Morgan fingerprint density at radius 3 is 1.45 bits per heavy atom. The second-order valence-electron chi connectivity index (χ2n) is 19.2. The van der Waals surface area contributed by atoms with E-state index in [0.717, 1.165) is 17.8 Å². The molecule has 0 saturated heterocycles. The van der Waals surface area contributed by atoms with Crippen molar-refractivity contribution in [2.75, 3.05) is 0 Å². The predicted octanol–water partition coefficient (Wildman–Crippen LogP) is 6.92. The number of benzene rings is 4. The quantitative estimate of drug-likeness (QED) is 0.205. The summed E-state index contributed by atoms with van der Waals surface area (Å²) in [7, 11) is 0. The molecule has 1 atom stereocenters. The zero-order chi connectivity index (χ0) is 35.3. The molecule has 0 aliphatic heterocycles. The molecular weight excluding hydrogens is 763 g/mol. The Balaban J connectivity index is 0.00000218. The molecule has 4 aromatic rings. The van der Waals surface area contributed by atoms with Crippen molar-refractivity contribution >= 4 is 3.21 Å². The monoisotopic (exact) mass is 816 g/mol. The first kappa shape index (κ1) is 38.9. The van der Waals surface area contributed by atoms with Crippen LogP contribution < -0.4 is 24.8 Å². The number of halogens is 2. The number of hydrogen-bond donors (Lipinski definition) is 0. The Morgan fingerprint density at radius 2 is 1.04 bits per heavy atom. The van der Waals surface area contributed by atoms with Gasteiger partial charge in [-0.15, -0.1) is 0 Å². The van der Waals surface area contributed by atoms with Gasteiger partial charge in [0, 0.05) is 0 Å². The molecule has 0 radical (unpaired) electrons. The molecule has 6 aliphatic carbocycles. The first-order valence-electron chi connectivity index (χ1n) is 20.0. The summed E-state index contributed by atoms with van der Waals surface area (Å²) < 4.78 is 4.03. The summed E-state index contributed by atoms with van der Waals surface area (Å²) in [6, 6.07) is 38.6. The fourth-order valence-corrected chi connectivity index (χ4v) is 21.8. The van der Waals surface area contributed by atoms with Crippen molar-refractivity contribution < 1.29 is 46.1 Å². The van der Waals surface area contributed by atoms with Crippen LogP contribution in [0.1, 0.15) is 124 Å². The molecule has 3 heteroatoms. The van der Waals surface area contributed by atoms with Crippen LogP contribution in [0.15, 0.2) is 118 Å². The van der Waals surface area contributed by atoms with Crippen LogP contribution in [0, 0.1) is 29.1 Å². The molecule has 274 valence electrons. The fourth-order valence-electron chi connectivity index (χ4n) is 11.6. The van der Waals surface area contributed by atoms with Gasteiger partial charge >= 0.3 is 318 Å². The van der Waals surface area contributed by atoms with Crippen LogP contribution in [0.4, 0.5) is 0 Å². The van der Waals surface area contributed by atoms with Crippen molar-refractivity contribution in [3.63, 3.8) is 0 Å². The van der Waals surface area contributed by atoms with Crippen LogP contribution in [0.3, 0.4) is 0 Å². The van der Waals surface area contributed by atoms with Crippen molar-refractivity contribution in [1.82, 2.24) is 0 Å². The van der Waals surface area contributed by atoms with Gasteiger partial charge in [0.05, 0.1) is 0 Å². The molecule has 6 aliphatic rings. The smallest absolute Gasteiger partial charge is 1.00 e. The normalized spacial score (nSPS) is 25.3. The average molecular weight is 819 g/mol. The number of fused-ring (bicyclic) bond motifs is 3. The van der Waals surface area contributed by atoms with Crippen LogP contribution in [0.5, 0.6) is 0 Å². The number of hydrogen-bond acceptors (Lipinski definition) is 0. The molecule has 0 N–H and O–H groups in total. The van der Waals surface area contributed by atoms with Crippen molar-refractivity contribution in [3.05, 3.63) is 151 Å². The Bertz CT molecular complexity index is 1960. The summed E-state index contributed by atoms with van der Waals surface area (Å²) in [5.74, 6) is 3.30. The van der Waals surface area contributed by atoms with E-state index < -0.39 is 21.3 Å². The summed E-state index contributed by atoms with van der Waals surface area (Å²) in [5, 5.41) is 0. The molecule has 53 heavy (non-hydrogen) atoms.